The molecule has 0 atom stereocenters. The van der Waals surface area contributed by atoms with Crippen molar-refractivity contribution in [2.24, 2.45) is 0 Å². The molecule has 1 aromatic carbocycles. The number of terminal acetylenes is 1. The number of thioether (sulfide) groups is 1. The van der Waals surface area contributed by atoms with Crippen LogP contribution in [0.4, 0.5) is 10.1 Å². The molecule has 0 unspecified atom stereocenters. The van der Waals surface area contributed by atoms with E-state index in [2.05, 4.69) is 5.92 Å². The maximum absolute atomic E-state index is 12.4. The van der Waals surface area contributed by atoms with Gasteiger partial charge in [0.15, 0.2) is 0 Å². The van der Waals surface area contributed by atoms with E-state index in [1.165, 1.54) is 11.8 Å². The summed E-state index contributed by atoms with van der Waals surface area (Å²) >= 11 is 1.50. The van der Waals surface area contributed by atoms with Crippen LogP contribution >= 0.6 is 11.8 Å². The third-order valence-corrected chi connectivity index (χ3v) is 2.48. The Bertz CT molecular complexity index is 330. The van der Waals surface area contributed by atoms with Gasteiger partial charge in [-0.1, -0.05) is 5.92 Å². The van der Waals surface area contributed by atoms with Gasteiger partial charge in [0.1, 0.15) is 6.67 Å². The molecular formula is C10H10FNS. The number of halogens is 1. The van der Waals surface area contributed by atoms with Crippen LogP contribution in [0.3, 0.4) is 0 Å². The topological polar surface area (TPSA) is 26.0 Å². The van der Waals surface area contributed by atoms with E-state index in [9.17, 15) is 4.39 Å². The minimum atomic E-state index is -0.531. The van der Waals surface area contributed by atoms with E-state index < -0.39 is 6.67 Å². The Morgan fingerprint density at radius 2 is 2.31 bits per heavy atom. The number of benzene rings is 1. The van der Waals surface area contributed by atoms with E-state index in [-0.39, 0.29) is 0 Å². The summed E-state index contributed by atoms with van der Waals surface area (Å²) in [5.41, 5.74) is 6.56. The molecule has 1 rings (SSSR count). The molecule has 13 heavy (non-hydrogen) atoms. The molecule has 1 aromatic rings. The standard InChI is InChI=1S/C10H10FNS/c1-2-5-13-9-3-4-10(12)8(6-9)7-11/h1,3-4,6H,5,7,12H2. The first-order valence-corrected chi connectivity index (χ1v) is 4.77. The van der Waals surface area contributed by atoms with Crippen molar-refractivity contribution in [1.29, 1.82) is 0 Å². The fourth-order valence-electron chi connectivity index (χ4n) is 0.913. The molecule has 0 bridgehead atoms. The highest BCUT2D eigenvalue weighted by Gasteiger charge is 2.00. The average Bonchev–Trinajstić information content (AvgIpc) is 2.16. The fourth-order valence-corrected chi connectivity index (χ4v) is 1.55. The summed E-state index contributed by atoms with van der Waals surface area (Å²) in [7, 11) is 0. The highest BCUT2D eigenvalue weighted by atomic mass is 32.2. The highest BCUT2D eigenvalue weighted by molar-refractivity contribution is 7.99. The highest BCUT2D eigenvalue weighted by Crippen LogP contribution is 2.23. The number of alkyl halides is 1. The number of nitrogen functional groups attached to an aromatic ring is 1. The zero-order valence-corrected chi connectivity index (χ0v) is 7.90. The van der Waals surface area contributed by atoms with Crippen molar-refractivity contribution < 1.29 is 4.39 Å². The lowest BCUT2D eigenvalue weighted by molar-refractivity contribution is 0.486. The lowest BCUT2D eigenvalue weighted by Gasteiger charge is -2.03. The molecule has 0 aliphatic rings. The van der Waals surface area contributed by atoms with Gasteiger partial charge in [-0.2, -0.15) is 0 Å². The van der Waals surface area contributed by atoms with Crippen LogP contribution in [-0.2, 0) is 6.67 Å². The van der Waals surface area contributed by atoms with Crippen LogP contribution in [-0.4, -0.2) is 5.75 Å². The second-order valence-electron chi connectivity index (χ2n) is 2.49. The maximum atomic E-state index is 12.4. The smallest absolute Gasteiger partial charge is 0.117 e. The summed E-state index contributed by atoms with van der Waals surface area (Å²) in [6.07, 6.45) is 5.11. The average molecular weight is 195 g/mol. The molecule has 0 amide bonds. The Labute approximate surface area is 81.5 Å². The normalized spacial score (nSPS) is 9.54. The SMILES string of the molecule is C#CCSc1ccc(N)c(CF)c1. The monoisotopic (exact) mass is 195 g/mol. The number of rotatable bonds is 3. The predicted octanol–water partition coefficient (Wildman–Crippen LogP) is 2.46. The second kappa shape index (κ2) is 4.78. The second-order valence-corrected chi connectivity index (χ2v) is 3.54. The molecule has 3 heteroatoms. The minimum absolute atomic E-state index is 0.493. The molecule has 0 spiro atoms. The largest absolute Gasteiger partial charge is 0.398 e. The molecule has 68 valence electrons. The molecular weight excluding hydrogens is 185 g/mol. The number of hydrogen-bond donors (Lipinski definition) is 1. The molecule has 0 aliphatic carbocycles. The lowest BCUT2D eigenvalue weighted by atomic mass is 10.2. The van der Waals surface area contributed by atoms with Crippen molar-refractivity contribution >= 4 is 17.4 Å². The van der Waals surface area contributed by atoms with Gasteiger partial charge in [-0.25, -0.2) is 4.39 Å². The molecule has 0 saturated carbocycles. The number of anilines is 1. The van der Waals surface area contributed by atoms with Gasteiger partial charge in [-0.15, -0.1) is 18.2 Å². The Morgan fingerprint density at radius 3 is 2.92 bits per heavy atom. The quantitative estimate of drug-likeness (QED) is 0.455. The first-order chi connectivity index (χ1) is 6.27. The Balaban J connectivity index is 2.81. The van der Waals surface area contributed by atoms with E-state index in [1.54, 1.807) is 12.1 Å². The van der Waals surface area contributed by atoms with Crippen LogP contribution in [0.1, 0.15) is 5.56 Å². The van der Waals surface area contributed by atoms with E-state index in [4.69, 9.17) is 12.2 Å². The van der Waals surface area contributed by atoms with Crippen LogP contribution in [0.2, 0.25) is 0 Å². The summed E-state index contributed by atoms with van der Waals surface area (Å²) in [6.45, 7) is -0.531. The van der Waals surface area contributed by atoms with Gasteiger partial charge in [-0.05, 0) is 18.2 Å². The van der Waals surface area contributed by atoms with Crippen LogP contribution in [0.5, 0.6) is 0 Å². The van der Waals surface area contributed by atoms with Gasteiger partial charge >= 0.3 is 0 Å². The van der Waals surface area contributed by atoms with Crippen LogP contribution in [0, 0.1) is 12.3 Å². The van der Waals surface area contributed by atoms with Gasteiger partial charge in [0.2, 0.25) is 0 Å². The lowest BCUT2D eigenvalue weighted by Crippen LogP contribution is -1.92. The summed E-state index contributed by atoms with van der Waals surface area (Å²) in [5.74, 6) is 3.10. The van der Waals surface area contributed by atoms with Gasteiger partial charge in [0, 0.05) is 16.1 Å². The van der Waals surface area contributed by atoms with Crippen molar-refractivity contribution in [3.63, 3.8) is 0 Å². The maximum Gasteiger partial charge on any atom is 0.117 e. The number of nitrogens with two attached hydrogens (primary N) is 1. The molecule has 0 radical (unpaired) electrons. The molecule has 0 aromatic heterocycles. The van der Waals surface area contributed by atoms with Crippen molar-refractivity contribution in [1.82, 2.24) is 0 Å². The molecule has 0 saturated heterocycles. The van der Waals surface area contributed by atoms with E-state index in [0.29, 0.717) is 17.0 Å². The van der Waals surface area contributed by atoms with Gasteiger partial charge < -0.3 is 5.73 Å². The predicted molar refractivity (Wildman–Crippen MR) is 55.2 cm³/mol. The molecule has 0 aliphatic heterocycles. The molecule has 2 N–H and O–H groups in total. The Morgan fingerprint density at radius 1 is 1.54 bits per heavy atom. The fraction of sp³-hybridized carbons (Fsp3) is 0.200. The van der Waals surface area contributed by atoms with Gasteiger partial charge in [0.05, 0.1) is 5.75 Å². The van der Waals surface area contributed by atoms with Crippen LogP contribution < -0.4 is 5.73 Å². The summed E-state index contributed by atoms with van der Waals surface area (Å²) < 4.78 is 12.4. The van der Waals surface area contributed by atoms with Crippen molar-refractivity contribution in [3.8, 4) is 12.3 Å². The third-order valence-electron chi connectivity index (χ3n) is 1.58. The third kappa shape index (κ3) is 2.67. The summed E-state index contributed by atoms with van der Waals surface area (Å²) in [4.78, 5) is 0.958. The summed E-state index contributed by atoms with van der Waals surface area (Å²) in [5, 5.41) is 0. The van der Waals surface area contributed by atoms with Gasteiger partial charge in [0.25, 0.3) is 0 Å². The molecule has 0 heterocycles. The molecule has 0 fully saturated rings. The van der Waals surface area contributed by atoms with Gasteiger partial charge in [-0.3, -0.25) is 0 Å². The Kier molecular flexibility index (Phi) is 3.66. The summed E-state index contributed by atoms with van der Waals surface area (Å²) in [6, 6.07) is 5.28. The van der Waals surface area contributed by atoms with Crippen LogP contribution in [0.15, 0.2) is 23.1 Å². The molecule has 1 nitrogen and oxygen atoms in total. The first kappa shape index (κ1) is 9.94. The minimum Gasteiger partial charge on any atom is -0.398 e. The first-order valence-electron chi connectivity index (χ1n) is 3.78. The van der Waals surface area contributed by atoms with E-state index in [0.717, 1.165) is 4.90 Å². The number of hydrogen-bond acceptors (Lipinski definition) is 2. The zero-order chi connectivity index (χ0) is 9.68. The van der Waals surface area contributed by atoms with Crippen molar-refractivity contribution in [2.45, 2.75) is 11.6 Å². The van der Waals surface area contributed by atoms with Crippen molar-refractivity contribution in [2.75, 3.05) is 11.5 Å². The Hall–Kier alpha value is -1.14. The van der Waals surface area contributed by atoms with E-state index >= 15 is 0 Å². The van der Waals surface area contributed by atoms with E-state index in [1.807, 2.05) is 6.07 Å². The zero-order valence-electron chi connectivity index (χ0n) is 7.09. The van der Waals surface area contributed by atoms with Crippen LogP contribution in [0.25, 0.3) is 0 Å². The van der Waals surface area contributed by atoms with Crippen molar-refractivity contribution in [3.05, 3.63) is 23.8 Å².